The van der Waals surface area contributed by atoms with Gasteiger partial charge in [-0.1, -0.05) is 44.5 Å². The smallest absolute Gasteiger partial charge is 0.179 e. The van der Waals surface area contributed by atoms with E-state index in [2.05, 4.69) is 26.8 Å². The lowest BCUT2D eigenvalue weighted by Crippen LogP contribution is -2.32. The van der Waals surface area contributed by atoms with E-state index in [9.17, 15) is 5.26 Å². The van der Waals surface area contributed by atoms with Crippen LogP contribution in [0.5, 0.6) is 5.75 Å². The van der Waals surface area contributed by atoms with Crippen molar-refractivity contribution in [2.24, 2.45) is 0 Å². The number of ether oxygens (including phenoxy) is 3. The van der Waals surface area contributed by atoms with Crippen molar-refractivity contribution < 1.29 is 14.2 Å². The molecule has 1 saturated heterocycles. The van der Waals surface area contributed by atoms with Gasteiger partial charge in [0.25, 0.3) is 0 Å². The number of nitriles is 1. The molecular weight excluding hydrogens is 302 g/mol. The molecule has 22 heavy (non-hydrogen) atoms. The molecule has 1 atom stereocenters. The third kappa shape index (κ3) is 3.92. The predicted molar refractivity (Wildman–Crippen MR) is 85.4 cm³/mol. The van der Waals surface area contributed by atoms with Crippen molar-refractivity contribution in [3.63, 3.8) is 0 Å². The molecule has 0 radical (unpaired) electrons. The summed E-state index contributed by atoms with van der Waals surface area (Å²) in [6.45, 7) is 7.88. The van der Waals surface area contributed by atoms with Gasteiger partial charge in [0, 0.05) is 6.42 Å². The number of hydrogen-bond acceptors (Lipinski definition) is 4. The molecule has 0 amide bonds. The lowest BCUT2D eigenvalue weighted by Gasteiger charge is -2.22. The van der Waals surface area contributed by atoms with Crippen molar-refractivity contribution >= 4 is 11.6 Å². The van der Waals surface area contributed by atoms with Crippen LogP contribution in [-0.2, 0) is 14.9 Å². The van der Waals surface area contributed by atoms with Gasteiger partial charge in [0.1, 0.15) is 18.4 Å². The molecule has 4 nitrogen and oxygen atoms in total. The van der Waals surface area contributed by atoms with Crippen LogP contribution in [0.2, 0.25) is 5.02 Å². The minimum atomic E-state index is -0.819. The van der Waals surface area contributed by atoms with Crippen LogP contribution in [0.4, 0.5) is 0 Å². The van der Waals surface area contributed by atoms with Crippen LogP contribution in [0.3, 0.4) is 0 Å². The highest BCUT2D eigenvalue weighted by Crippen LogP contribution is 2.35. The van der Waals surface area contributed by atoms with Crippen molar-refractivity contribution in [3.8, 4) is 11.8 Å². The van der Waals surface area contributed by atoms with Crippen LogP contribution >= 0.6 is 11.6 Å². The van der Waals surface area contributed by atoms with Crippen molar-refractivity contribution in [2.45, 2.75) is 38.2 Å². The largest absolute Gasteiger partial charge is 0.490 e. The van der Waals surface area contributed by atoms with Crippen LogP contribution in [0.1, 0.15) is 32.8 Å². The molecule has 1 aliphatic rings. The fourth-order valence-electron chi connectivity index (χ4n) is 2.37. The van der Waals surface area contributed by atoms with E-state index in [-0.39, 0.29) is 5.41 Å². The van der Waals surface area contributed by atoms with Crippen molar-refractivity contribution in [3.05, 3.63) is 28.8 Å². The molecule has 0 N–H and O–H groups in total. The monoisotopic (exact) mass is 323 g/mol. The first-order valence-corrected chi connectivity index (χ1v) is 7.80. The third-order valence-electron chi connectivity index (χ3n) is 3.68. The average molecular weight is 324 g/mol. The fraction of sp³-hybridized carbons (Fsp3) is 0.588. The molecular formula is C17H22ClNO3. The molecule has 0 saturated carbocycles. The van der Waals surface area contributed by atoms with Gasteiger partial charge in [0.05, 0.1) is 24.8 Å². The number of hydrogen-bond donors (Lipinski definition) is 0. The van der Waals surface area contributed by atoms with Gasteiger partial charge in [0.15, 0.2) is 5.60 Å². The van der Waals surface area contributed by atoms with Gasteiger partial charge in [-0.3, -0.25) is 0 Å². The van der Waals surface area contributed by atoms with Crippen LogP contribution in [0.25, 0.3) is 0 Å². The van der Waals surface area contributed by atoms with Crippen LogP contribution < -0.4 is 4.74 Å². The Bertz CT molecular complexity index is 554. The zero-order chi connectivity index (χ0) is 16.2. The quantitative estimate of drug-likeness (QED) is 0.775. The Hall–Kier alpha value is -1.28. The van der Waals surface area contributed by atoms with E-state index in [1.54, 1.807) is 0 Å². The Morgan fingerprint density at radius 2 is 2.14 bits per heavy atom. The molecule has 1 unspecified atom stereocenters. The molecule has 0 spiro atoms. The summed E-state index contributed by atoms with van der Waals surface area (Å²) in [5.41, 5.74) is 0.185. The van der Waals surface area contributed by atoms with Gasteiger partial charge >= 0.3 is 0 Å². The molecule has 1 aromatic carbocycles. The molecule has 0 aliphatic carbocycles. The summed E-state index contributed by atoms with van der Waals surface area (Å²) in [5, 5.41) is 9.82. The van der Waals surface area contributed by atoms with Gasteiger partial charge in [-0.05, 0) is 17.0 Å². The summed E-state index contributed by atoms with van der Waals surface area (Å²) < 4.78 is 16.6. The highest BCUT2D eigenvalue weighted by Gasteiger charge is 2.36. The normalized spacial score (nSPS) is 21.6. The lowest BCUT2D eigenvalue weighted by molar-refractivity contribution is -0.0203. The highest BCUT2D eigenvalue weighted by molar-refractivity contribution is 6.33. The third-order valence-corrected chi connectivity index (χ3v) is 4.07. The summed E-state index contributed by atoms with van der Waals surface area (Å²) in [6, 6.07) is 7.97. The van der Waals surface area contributed by atoms with Crippen LogP contribution in [-0.4, -0.2) is 32.0 Å². The number of nitrogens with zero attached hydrogens (tertiary/aromatic N) is 1. The van der Waals surface area contributed by atoms with E-state index < -0.39 is 5.60 Å². The summed E-state index contributed by atoms with van der Waals surface area (Å²) in [7, 11) is 0. The lowest BCUT2D eigenvalue weighted by atomic mass is 9.87. The molecule has 0 aromatic heterocycles. The van der Waals surface area contributed by atoms with Gasteiger partial charge in [-0.2, -0.15) is 5.26 Å². The Morgan fingerprint density at radius 1 is 1.36 bits per heavy atom. The molecule has 2 rings (SSSR count). The highest BCUT2D eigenvalue weighted by atomic mass is 35.5. The van der Waals surface area contributed by atoms with Crippen LogP contribution in [0, 0.1) is 11.3 Å². The van der Waals surface area contributed by atoms with Crippen molar-refractivity contribution in [2.75, 3.05) is 26.4 Å². The molecule has 1 fully saturated rings. The fourth-order valence-corrected chi connectivity index (χ4v) is 2.83. The topological polar surface area (TPSA) is 51.5 Å². The number of halogens is 1. The number of rotatable bonds is 5. The maximum absolute atomic E-state index is 9.19. The zero-order valence-corrected chi connectivity index (χ0v) is 14.1. The van der Waals surface area contributed by atoms with Gasteiger partial charge in [-0.25, -0.2) is 0 Å². The van der Waals surface area contributed by atoms with Gasteiger partial charge in [-0.15, -0.1) is 0 Å². The first-order chi connectivity index (χ1) is 10.4. The van der Waals surface area contributed by atoms with E-state index in [0.29, 0.717) is 43.6 Å². The van der Waals surface area contributed by atoms with E-state index in [1.165, 1.54) is 0 Å². The number of benzene rings is 1. The first kappa shape index (κ1) is 17.1. The SMILES string of the molecule is CC(C)(C)c1cccc(OCCOC2(C#N)CCOC2)c1Cl. The van der Waals surface area contributed by atoms with Crippen molar-refractivity contribution in [1.82, 2.24) is 0 Å². The minimum Gasteiger partial charge on any atom is -0.490 e. The van der Waals surface area contributed by atoms with Crippen molar-refractivity contribution in [1.29, 1.82) is 5.26 Å². The second-order valence-electron chi connectivity index (χ2n) is 6.47. The molecule has 1 aromatic rings. The molecule has 0 bridgehead atoms. The molecule has 120 valence electrons. The van der Waals surface area contributed by atoms with Gasteiger partial charge in [0.2, 0.25) is 0 Å². The van der Waals surface area contributed by atoms with E-state index in [0.717, 1.165) is 5.56 Å². The van der Waals surface area contributed by atoms with E-state index >= 15 is 0 Å². The summed E-state index contributed by atoms with van der Waals surface area (Å²) in [4.78, 5) is 0. The van der Waals surface area contributed by atoms with E-state index in [4.69, 9.17) is 25.8 Å². The first-order valence-electron chi connectivity index (χ1n) is 7.43. The Balaban J connectivity index is 1.91. The average Bonchev–Trinajstić information content (AvgIpc) is 2.93. The van der Waals surface area contributed by atoms with Crippen LogP contribution in [0.15, 0.2) is 18.2 Å². The standard InChI is InChI=1S/C17H22ClNO3/c1-16(2,3)13-5-4-6-14(15(13)18)21-9-10-22-17(11-19)7-8-20-12-17/h4-6H,7-10,12H2,1-3H3. The minimum absolute atomic E-state index is 0.0427. The molecule has 1 aliphatic heterocycles. The Morgan fingerprint density at radius 3 is 2.73 bits per heavy atom. The Kier molecular flexibility index (Phi) is 5.33. The maximum atomic E-state index is 9.19. The predicted octanol–water partition coefficient (Wildman–Crippen LogP) is 3.72. The zero-order valence-electron chi connectivity index (χ0n) is 13.3. The summed E-state index contributed by atoms with van der Waals surface area (Å²) >= 11 is 6.42. The second-order valence-corrected chi connectivity index (χ2v) is 6.85. The van der Waals surface area contributed by atoms with Gasteiger partial charge < -0.3 is 14.2 Å². The Labute approximate surface area is 136 Å². The maximum Gasteiger partial charge on any atom is 0.179 e. The summed E-state index contributed by atoms with van der Waals surface area (Å²) in [5.74, 6) is 0.645. The molecule has 1 heterocycles. The summed E-state index contributed by atoms with van der Waals surface area (Å²) in [6.07, 6.45) is 0.601. The second kappa shape index (κ2) is 6.87. The molecule has 5 heteroatoms. The van der Waals surface area contributed by atoms with E-state index in [1.807, 2.05) is 18.2 Å².